The predicted molar refractivity (Wildman–Crippen MR) is 124 cm³/mol. The molecule has 10 heteroatoms. The number of pyridine rings is 1. The Balaban J connectivity index is 1.47. The van der Waals surface area contributed by atoms with E-state index in [9.17, 15) is 17.6 Å². The molecule has 0 radical (unpaired) electrons. The maximum atomic E-state index is 14.1. The van der Waals surface area contributed by atoms with Gasteiger partial charge in [0.15, 0.2) is 0 Å². The van der Waals surface area contributed by atoms with Gasteiger partial charge in [-0.1, -0.05) is 0 Å². The number of nitrogens with one attached hydrogen (secondary N) is 2. The van der Waals surface area contributed by atoms with Gasteiger partial charge in [0.05, 0.1) is 17.6 Å². The number of urea groups is 1. The lowest BCUT2D eigenvalue weighted by Crippen LogP contribution is -2.49. The van der Waals surface area contributed by atoms with Gasteiger partial charge in [-0.05, 0) is 69.1 Å². The van der Waals surface area contributed by atoms with Crippen LogP contribution >= 0.6 is 0 Å². The average molecular weight is 464 g/mol. The molecular formula is C22H30FN5O3S. The number of aryl methyl sites for hydroxylation is 2. The monoisotopic (exact) mass is 463 g/mol. The number of hydrogen-bond donors (Lipinski definition) is 2. The Hall–Kier alpha value is -2.56. The molecule has 1 saturated heterocycles. The SMILES string of the molecule is CCS(=O)(=O)N1CCN(CCCc2cc(F)cc(NC(=O)Nc3ccc(C)nc3)c2)CC1. The van der Waals surface area contributed by atoms with Crippen LogP contribution in [0.2, 0.25) is 0 Å². The van der Waals surface area contributed by atoms with E-state index in [2.05, 4.69) is 20.5 Å². The van der Waals surface area contributed by atoms with E-state index in [0.29, 0.717) is 44.0 Å². The molecule has 1 aromatic carbocycles. The highest BCUT2D eigenvalue weighted by molar-refractivity contribution is 7.89. The summed E-state index contributed by atoms with van der Waals surface area (Å²) in [5, 5.41) is 5.33. The summed E-state index contributed by atoms with van der Waals surface area (Å²) in [6.45, 7) is 6.74. The number of nitrogens with zero attached hydrogens (tertiary/aromatic N) is 3. The van der Waals surface area contributed by atoms with Crippen LogP contribution < -0.4 is 10.6 Å². The predicted octanol–water partition coefficient (Wildman–Crippen LogP) is 3.07. The van der Waals surface area contributed by atoms with E-state index in [-0.39, 0.29) is 5.75 Å². The quantitative estimate of drug-likeness (QED) is 0.628. The molecule has 0 saturated carbocycles. The maximum absolute atomic E-state index is 14.1. The van der Waals surface area contributed by atoms with Gasteiger partial charge in [-0.3, -0.25) is 4.98 Å². The second-order valence-corrected chi connectivity index (χ2v) is 10.1. The third-order valence-corrected chi connectivity index (χ3v) is 7.30. The Kier molecular flexibility index (Phi) is 8.16. The number of benzene rings is 1. The first-order chi connectivity index (χ1) is 15.2. The average Bonchev–Trinajstić information content (AvgIpc) is 2.75. The highest BCUT2D eigenvalue weighted by Crippen LogP contribution is 2.17. The van der Waals surface area contributed by atoms with Gasteiger partial charge in [-0.25, -0.2) is 17.6 Å². The standard InChI is InChI=1S/C22H30FN5O3S/c1-3-32(30,31)28-11-9-27(10-12-28)8-4-5-18-13-19(23)15-21(14-18)26-22(29)25-20-7-6-17(2)24-16-20/h6-7,13-16H,3-5,8-12H2,1-2H3,(H2,25,26,29). The van der Waals surface area contributed by atoms with Crippen molar-refractivity contribution >= 4 is 27.4 Å². The Morgan fingerprint density at radius 1 is 1.09 bits per heavy atom. The Labute approximate surface area is 188 Å². The summed E-state index contributed by atoms with van der Waals surface area (Å²) >= 11 is 0. The van der Waals surface area contributed by atoms with Gasteiger partial charge >= 0.3 is 6.03 Å². The van der Waals surface area contributed by atoms with E-state index in [1.165, 1.54) is 12.1 Å². The van der Waals surface area contributed by atoms with Crippen molar-refractivity contribution in [2.45, 2.75) is 26.7 Å². The molecule has 0 unspecified atom stereocenters. The van der Waals surface area contributed by atoms with Gasteiger partial charge < -0.3 is 15.5 Å². The van der Waals surface area contributed by atoms with Crippen LogP contribution in [0.5, 0.6) is 0 Å². The Morgan fingerprint density at radius 2 is 1.81 bits per heavy atom. The van der Waals surface area contributed by atoms with Gasteiger partial charge in [-0.15, -0.1) is 0 Å². The van der Waals surface area contributed by atoms with Crippen LogP contribution in [-0.4, -0.2) is 67.1 Å². The zero-order valence-electron chi connectivity index (χ0n) is 18.5. The number of halogens is 1. The van der Waals surface area contributed by atoms with E-state index in [4.69, 9.17) is 0 Å². The van der Waals surface area contributed by atoms with Crippen LogP contribution in [0.25, 0.3) is 0 Å². The molecule has 1 aliphatic rings. The smallest absolute Gasteiger partial charge is 0.308 e. The summed E-state index contributed by atoms with van der Waals surface area (Å²) in [6.07, 6.45) is 3.03. The minimum absolute atomic E-state index is 0.128. The van der Waals surface area contributed by atoms with Crippen molar-refractivity contribution < 1.29 is 17.6 Å². The third-order valence-electron chi connectivity index (χ3n) is 5.41. The summed E-state index contributed by atoms with van der Waals surface area (Å²) in [5.74, 6) is -0.281. The van der Waals surface area contributed by atoms with E-state index >= 15 is 0 Å². The van der Waals surface area contributed by atoms with Crippen LogP contribution in [0.1, 0.15) is 24.6 Å². The van der Waals surface area contributed by atoms with Gasteiger partial charge in [0.1, 0.15) is 5.82 Å². The number of aromatic nitrogens is 1. The minimum atomic E-state index is -3.13. The van der Waals surface area contributed by atoms with Crippen molar-refractivity contribution in [3.05, 3.63) is 53.6 Å². The normalized spacial score (nSPS) is 15.5. The lowest BCUT2D eigenvalue weighted by atomic mass is 10.1. The van der Waals surface area contributed by atoms with Crippen LogP contribution in [-0.2, 0) is 16.4 Å². The fraction of sp³-hybridized carbons (Fsp3) is 0.455. The van der Waals surface area contributed by atoms with Crippen LogP contribution in [0, 0.1) is 12.7 Å². The number of piperazine rings is 1. The minimum Gasteiger partial charge on any atom is -0.308 e. The van der Waals surface area contributed by atoms with Crippen molar-refractivity contribution in [3.8, 4) is 0 Å². The second kappa shape index (κ2) is 10.8. The molecule has 174 valence electrons. The van der Waals surface area contributed by atoms with Crippen LogP contribution in [0.4, 0.5) is 20.6 Å². The molecule has 0 spiro atoms. The molecule has 2 N–H and O–H groups in total. The van der Waals surface area contributed by atoms with Crippen molar-refractivity contribution in [1.82, 2.24) is 14.2 Å². The first-order valence-electron chi connectivity index (χ1n) is 10.8. The van der Waals surface area contributed by atoms with Crippen LogP contribution in [0.3, 0.4) is 0 Å². The largest absolute Gasteiger partial charge is 0.323 e. The number of rotatable bonds is 8. The molecule has 2 amide bonds. The summed E-state index contributed by atoms with van der Waals surface area (Å²) in [5.41, 5.74) is 2.58. The Morgan fingerprint density at radius 3 is 2.47 bits per heavy atom. The van der Waals surface area contributed by atoms with Crippen molar-refractivity contribution in [2.75, 3.05) is 49.1 Å². The molecule has 32 heavy (non-hydrogen) atoms. The van der Waals surface area contributed by atoms with Crippen molar-refractivity contribution in [1.29, 1.82) is 0 Å². The maximum Gasteiger partial charge on any atom is 0.323 e. The van der Waals surface area contributed by atoms with E-state index in [1.54, 1.807) is 35.6 Å². The fourth-order valence-corrected chi connectivity index (χ4v) is 4.71. The highest BCUT2D eigenvalue weighted by Gasteiger charge is 2.24. The third kappa shape index (κ3) is 6.98. The van der Waals surface area contributed by atoms with Crippen molar-refractivity contribution in [2.24, 2.45) is 0 Å². The molecular weight excluding hydrogens is 433 g/mol. The van der Waals surface area contributed by atoms with Gasteiger partial charge in [0, 0.05) is 37.6 Å². The molecule has 0 atom stereocenters. The number of carbonyl (C=O) groups excluding carboxylic acids is 1. The number of amides is 2. The zero-order chi connectivity index (χ0) is 23.1. The van der Waals surface area contributed by atoms with E-state index in [1.807, 2.05) is 6.92 Å². The number of hydrogen-bond acceptors (Lipinski definition) is 5. The molecule has 0 bridgehead atoms. The number of carbonyl (C=O) groups is 1. The highest BCUT2D eigenvalue weighted by atomic mass is 32.2. The number of anilines is 2. The topological polar surface area (TPSA) is 94.6 Å². The molecule has 2 aromatic rings. The molecule has 3 rings (SSSR count). The molecule has 0 aliphatic carbocycles. The lowest BCUT2D eigenvalue weighted by molar-refractivity contribution is 0.187. The fourth-order valence-electron chi connectivity index (χ4n) is 3.62. The first kappa shape index (κ1) is 24.1. The summed E-state index contributed by atoms with van der Waals surface area (Å²) in [6, 6.07) is 7.59. The first-order valence-corrected chi connectivity index (χ1v) is 12.4. The lowest BCUT2D eigenvalue weighted by Gasteiger charge is -2.33. The van der Waals surface area contributed by atoms with Gasteiger partial charge in [0.25, 0.3) is 0 Å². The van der Waals surface area contributed by atoms with Gasteiger partial charge in [0.2, 0.25) is 10.0 Å². The molecule has 1 aromatic heterocycles. The van der Waals surface area contributed by atoms with E-state index < -0.39 is 21.9 Å². The summed E-state index contributed by atoms with van der Waals surface area (Å²) < 4.78 is 39.5. The molecule has 8 nitrogen and oxygen atoms in total. The summed E-state index contributed by atoms with van der Waals surface area (Å²) in [4.78, 5) is 18.5. The Bertz CT molecular complexity index is 1020. The molecule has 2 heterocycles. The second-order valence-electron chi connectivity index (χ2n) is 7.86. The molecule has 1 aliphatic heterocycles. The number of sulfonamides is 1. The van der Waals surface area contributed by atoms with Crippen LogP contribution in [0.15, 0.2) is 36.5 Å². The van der Waals surface area contributed by atoms with Crippen molar-refractivity contribution in [3.63, 3.8) is 0 Å². The van der Waals surface area contributed by atoms with Gasteiger partial charge in [-0.2, -0.15) is 4.31 Å². The van der Waals surface area contributed by atoms with E-state index in [0.717, 1.165) is 24.2 Å². The summed E-state index contributed by atoms with van der Waals surface area (Å²) in [7, 11) is -3.13. The zero-order valence-corrected chi connectivity index (χ0v) is 19.3. The molecule has 1 fully saturated rings.